The van der Waals surface area contributed by atoms with Crippen LogP contribution in [0.4, 0.5) is 0 Å². The van der Waals surface area contributed by atoms with Gasteiger partial charge in [-0.1, -0.05) is 24.4 Å². The van der Waals surface area contributed by atoms with Crippen molar-refractivity contribution in [3.8, 4) is 0 Å². The summed E-state index contributed by atoms with van der Waals surface area (Å²) in [7, 11) is 0. The van der Waals surface area contributed by atoms with Crippen LogP contribution in [0.15, 0.2) is 10.6 Å². The predicted octanol–water partition coefficient (Wildman–Crippen LogP) is 3.33. The minimum Gasteiger partial charge on any atom is -0.360 e. The Labute approximate surface area is 122 Å². The minimum absolute atomic E-state index is 0.113. The Kier molecular flexibility index (Phi) is 5.61. The molecule has 114 valence electrons. The number of hydrogen-bond donors (Lipinski definition) is 1. The molecule has 1 aromatic rings. The highest BCUT2D eigenvalue weighted by atomic mass is 16.5. The molecule has 0 aliphatic carbocycles. The van der Waals surface area contributed by atoms with Gasteiger partial charge in [-0.25, -0.2) is 0 Å². The van der Waals surface area contributed by atoms with E-state index in [-0.39, 0.29) is 5.54 Å². The lowest BCUT2D eigenvalue weighted by Crippen LogP contribution is -2.35. The molecule has 0 spiro atoms. The monoisotopic (exact) mass is 279 g/mol. The Balaban J connectivity index is 1.82. The predicted molar refractivity (Wildman–Crippen MR) is 81.5 cm³/mol. The van der Waals surface area contributed by atoms with Gasteiger partial charge in [0.1, 0.15) is 0 Å². The average molecular weight is 279 g/mol. The van der Waals surface area contributed by atoms with Crippen molar-refractivity contribution in [3.05, 3.63) is 17.5 Å². The van der Waals surface area contributed by atoms with Gasteiger partial charge in [-0.2, -0.15) is 0 Å². The van der Waals surface area contributed by atoms with Gasteiger partial charge < -0.3 is 9.84 Å². The Hall–Kier alpha value is -0.870. The summed E-state index contributed by atoms with van der Waals surface area (Å²) in [5.41, 5.74) is 1.12. The molecule has 0 saturated carbocycles. The van der Waals surface area contributed by atoms with Gasteiger partial charge in [-0.3, -0.25) is 4.90 Å². The van der Waals surface area contributed by atoms with Gasteiger partial charge in [0.2, 0.25) is 0 Å². The molecule has 4 heteroatoms. The van der Waals surface area contributed by atoms with Crippen molar-refractivity contribution in [1.29, 1.82) is 0 Å². The maximum Gasteiger partial charge on any atom is 0.151 e. The zero-order chi connectivity index (χ0) is 14.4. The molecule has 1 saturated heterocycles. The number of nitrogens with zero attached hydrogens (tertiary/aromatic N) is 2. The molecule has 0 aromatic carbocycles. The zero-order valence-electron chi connectivity index (χ0n) is 13.2. The first kappa shape index (κ1) is 15.5. The lowest BCUT2D eigenvalue weighted by molar-refractivity contribution is 0.212. The molecule has 1 N–H and O–H groups in total. The van der Waals surface area contributed by atoms with Crippen LogP contribution in [0.25, 0.3) is 0 Å². The van der Waals surface area contributed by atoms with Gasteiger partial charge in [0.25, 0.3) is 0 Å². The van der Waals surface area contributed by atoms with Crippen molar-refractivity contribution in [2.24, 2.45) is 0 Å². The Morgan fingerprint density at radius 3 is 2.45 bits per heavy atom. The van der Waals surface area contributed by atoms with E-state index in [1.54, 1.807) is 0 Å². The topological polar surface area (TPSA) is 41.3 Å². The molecule has 0 radical (unpaired) electrons. The fourth-order valence-electron chi connectivity index (χ4n) is 2.56. The standard InChI is InChI=1S/C16H29N3O/c1-16(2,3)17-12-14-11-15(20-18-14)13-19-9-7-5-4-6-8-10-19/h11,17H,4-10,12-13H2,1-3H3. The van der Waals surface area contributed by atoms with E-state index in [2.05, 4.69) is 42.2 Å². The smallest absolute Gasteiger partial charge is 0.151 e. The van der Waals surface area contributed by atoms with Crippen LogP contribution in [0.2, 0.25) is 0 Å². The first-order chi connectivity index (χ1) is 9.53. The summed E-state index contributed by atoms with van der Waals surface area (Å²) in [5, 5.41) is 7.60. The van der Waals surface area contributed by atoms with Crippen molar-refractivity contribution in [2.45, 2.75) is 71.5 Å². The summed E-state index contributed by atoms with van der Waals surface area (Å²) in [6.07, 6.45) is 6.76. The summed E-state index contributed by atoms with van der Waals surface area (Å²) in [4.78, 5) is 2.50. The van der Waals surface area contributed by atoms with Crippen molar-refractivity contribution >= 4 is 0 Å². The second-order valence-electron chi connectivity index (χ2n) is 6.93. The minimum atomic E-state index is 0.113. The largest absolute Gasteiger partial charge is 0.360 e. The van der Waals surface area contributed by atoms with Gasteiger partial charge in [0, 0.05) is 18.2 Å². The fraction of sp³-hybridized carbons (Fsp3) is 0.812. The third-order valence-corrected chi connectivity index (χ3v) is 3.74. The molecular weight excluding hydrogens is 250 g/mol. The molecule has 0 amide bonds. The highest BCUT2D eigenvalue weighted by Crippen LogP contribution is 2.14. The molecular formula is C16H29N3O. The van der Waals surface area contributed by atoms with Crippen LogP contribution in [-0.2, 0) is 13.1 Å². The molecule has 2 rings (SSSR count). The summed E-state index contributed by atoms with van der Waals surface area (Å²) < 4.78 is 5.47. The zero-order valence-corrected chi connectivity index (χ0v) is 13.2. The lowest BCUT2D eigenvalue weighted by atomic mass is 10.1. The lowest BCUT2D eigenvalue weighted by Gasteiger charge is -2.22. The number of aromatic nitrogens is 1. The third-order valence-electron chi connectivity index (χ3n) is 3.74. The average Bonchev–Trinajstić information content (AvgIpc) is 2.77. The van der Waals surface area contributed by atoms with Gasteiger partial charge in [-0.15, -0.1) is 0 Å². The molecule has 0 atom stereocenters. The SMILES string of the molecule is CC(C)(C)NCc1cc(CN2CCCCCCC2)on1. The van der Waals surface area contributed by atoms with Crippen molar-refractivity contribution in [3.63, 3.8) is 0 Å². The molecule has 4 nitrogen and oxygen atoms in total. The molecule has 1 fully saturated rings. The van der Waals surface area contributed by atoms with E-state index < -0.39 is 0 Å². The van der Waals surface area contributed by atoms with E-state index in [0.29, 0.717) is 0 Å². The van der Waals surface area contributed by atoms with E-state index in [4.69, 9.17) is 4.52 Å². The van der Waals surface area contributed by atoms with Crippen LogP contribution < -0.4 is 5.32 Å². The van der Waals surface area contributed by atoms with Crippen LogP contribution in [0.5, 0.6) is 0 Å². The fourth-order valence-corrected chi connectivity index (χ4v) is 2.56. The maximum absolute atomic E-state index is 5.47. The van der Waals surface area contributed by atoms with Crippen LogP contribution in [0, 0.1) is 0 Å². The van der Waals surface area contributed by atoms with Crippen LogP contribution in [-0.4, -0.2) is 28.7 Å². The third kappa shape index (κ3) is 5.63. The number of nitrogens with one attached hydrogen (secondary N) is 1. The van der Waals surface area contributed by atoms with Gasteiger partial charge >= 0.3 is 0 Å². The second-order valence-corrected chi connectivity index (χ2v) is 6.93. The molecule has 2 heterocycles. The second kappa shape index (κ2) is 7.23. The highest BCUT2D eigenvalue weighted by molar-refractivity contribution is 5.05. The Morgan fingerprint density at radius 1 is 1.15 bits per heavy atom. The van der Waals surface area contributed by atoms with E-state index >= 15 is 0 Å². The van der Waals surface area contributed by atoms with E-state index in [9.17, 15) is 0 Å². The summed E-state index contributed by atoms with van der Waals surface area (Å²) >= 11 is 0. The molecule has 1 aliphatic heterocycles. The molecule has 20 heavy (non-hydrogen) atoms. The highest BCUT2D eigenvalue weighted by Gasteiger charge is 2.14. The van der Waals surface area contributed by atoms with Crippen molar-refractivity contribution in [1.82, 2.24) is 15.4 Å². The Bertz CT molecular complexity index is 387. The normalized spacial score (nSPS) is 18.8. The first-order valence-electron chi connectivity index (χ1n) is 7.95. The van der Waals surface area contributed by atoms with Crippen LogP contribution in [0.3, 0.4) is 0 Å². The number of likely N-dealkylation sites (tertiary alicyclic amines) is 1. The summed E-state index contributed by atoms with van der Waals surface area (Å²) in [6.45, 7) is 10.5. The molecule has 1 aliphatic rings. The number of rotatable bonds is 4. The summed E-state index contributed by atoms with van der Waals surface area (Å²) in [6, 6.07) is 2.09. The summed E-state index contributed by atoms with van der Waals surface area (Å²) in [5.74, 6) is 0.997. The van der Waals surface area contributed by atoms with E-state index in [0.717, 1.165) is 24.5 Å². The van der Waals surface area contributed by atoms with Crippen LogP contribution >= 0.6 is 0 Å². The van der Waals surface area contributed by atoms with E-state index in [1.807, 2.05) is 0 Å². The van der Waals surface area contributed by atoms with Crippen molar-refractivity contribution < 1.29 is 4.52 Å². The van der Waals surface area contributed by atoms with Gasteiger partial charge in [0.15, 0.2) is 5.76 Å². The quantitative estimate of drug-likeness (QED) is 0.918. The van der Waals surface area contributed by atoms with Gasteiger partial charge in [-0.05, 0) is 46.7 Å². The molecule has 1 aromatic heterocycles. The maximum atomic E-state index is 5.47. The van der Waals surface area contributed by atoms with Gasteiger partial charge in [0.05, 0.1) is 12.2 Å². The van der Waals surface area contributed by atoms with Crippen LogP contribution in [0.1, 0.15) is 64.3 Å². The molecule has 0 unspecified atom stereocenters. The number of hydrogen-bond acceptors (Lipinski definition) is 4. The first-order valence-corrected chi connectivity index (χ1v) is 7.95. The Morgan fingerprint density at radius 2 is 1.80 bits per heavy atom. The van der Waals surface area contributed by atoms with Crippen molar-refractivity contribution in [2.75, 3.05) is 13.1 Å². The molecule has 0 bridgehead atoms. The van der Waals surface area contributed by atoms with E-state index in [1.165, 1.54) is 45.2 Å².